The Morgan fingerprint density at radius 2 is 2.25 bits per heavy atom. The third kappa shape index (κ3) is 3.62. The van der Waals surface area contributed by atoms with Gasteiger partial charge in [-0.1, -0.05) is 13.8 Å². The number of carbonyl (C=O) groups is 1. The number of nitrogens with zero attached hydrogens (tertiary/aromatic N) is 3. The summed E-state index contributed by atoms with van der Waals surface area (Å²) in [5.41, 5.74) is 0. The van der Waals surface area contributed by atoms with Crippen LogP contribution < -0.4 is 5.32 Å². The maximum Gasteiger partial charge on any atom is 0.288 e. The van der Waals surface area contributed by atoms with E-state index in [0.29, 0.717) is 0 Å². The van der Waals surface area contributed by atoms with Gasteiger partial charge in [-0.25, -0.2) is 4.98 Å². The fourth-order valence-electron chi connectivity index (χ4n) is 1.52. The fourth-order valence-corrected chi connectivity index (χ4v) is 1.52. The van der Waals surface area contributed by atoms with Crippen molar-refractivity contribution in [3.05, 3.63) is 12.2 Å². The highest BCUT2D eigenvalue weighted by Gasteiger charge is 2.13. The van der Waals surface area contributed by atoms with Gasteiger partial charge in [0, 0.05) is 12.6 Å². The number of amides is 1. The number of H-pyrrole nitrogens is 1. The van der Waals surface area contributed by atoms with Crippen LogP contribution in [0.4, 0.5) is 0 Å². The number of aromatic amines is 1. The van der Waals surface area contributed by atoms with Crippen molar-refractivity contribution < 1.29 is 4.79 Å². The molecule has 90 valence electrons. The first-order valence-electron chi connectivity index (χ1n) is 5.55. The summed E-state index contributed by atoms with van der Waals surface area (Å²) in [7, 11) is 0. The molecule has 0 saturated carbocycles. The summed E-state index contributed by atoms with van der Waals surface area (Å²) in [6, 6.07) is 0.0949. The summed E-state index contributed by atoms with van der Waals surface area (Å²) in [5.74, 6) is 0.0450. The monoisotopic (exact) mass is 225 g/mol. The molecule has 1 aromatic rings. The Labute approximate surface area is 95.4 Å². The van der Waals surface area contributed by atoms with Gasteiger partial charge in [0.05, 0.1) is 0 Å². The molecule has 6 heteroatoms. The van der Waals surface area contributed by atoms with Crippen molar-refractivity contribution in [2.45, 2.75) is 26.8 Å². The molecular formula is C10H19N5O. The highest BCUT2D eigenvalue weighted by Crippen LogP contribution is 1.93. The smallest absolute Gasteiger partial charge is 0.288 e. The zero-order valence-electron chi connectivity index (χ0n) is 10.0. The lowest BCUT2D eigenvalue weighted by Gasteiger charge is -2.22. The van der Waals surface area contributed by atoms with E-state index in [1.165, 1.54) is 6.33 Å². The minimum Gasteiger partial charge on any atom is -0.346 e. The molecule has 0 saturated heterocycles. The molecule has 2 N–H and O–H groups in total. The van der Waals surface area contributed by atoms with Gasteiger partial charge in [-0.3, -0.25) is 9.89 Å². The molecule has 0 aromatic carbocycles. The quantitative estimate of drug-likeness (QED) is 0.728. The second kappa shape index (κ2) is 6.22. The third-order valence-electron chi connectivity index (χ3n) is 2.43. The molecule has 6 nitrogen and oxygen atoms in total. The second-order valence-electron chi connectivity index (χ2n) is 3.69. The summed E-state index contributed by atoms with van der Waals surface area (Å²) in [5, 5.41) is 9.04. The van der Waals surface area contributed by atoms with Crippen LogP contribution in [0.15, 0.2) is 6.33 Å². The van der Waals surface area contributed by atoms with E-state index in [1.807, 2.05) is 6.92 Å². The lowest BCUT2D eigenvalue weighted by atomic mass is 10.3. The first kappa shape index (κ1) is 12.6. The van der Waals surface area contributed by atoms with Crippen molar-refractivity contribution in [3.63, 3.8) is 0 Å². The van der Waals surface area contributed by atoms with Gasteiger partial charge < -0.3 is 10.2 Å². The summed E-state index contributed by atoms with van der Waals surface area (Å²) in [6.07, 6.45) is 1.32. The van der Waals surface area contributed by atoms with Gasteiger partial charge in [0.1, 0.15) is 6.33 Å². The van der Waals surface area contributed by atoms with E-state index < -0.39 is 0 Å². The number of carbonyl (C=O) groups excluding carboxylic acids is 1. The Hall–Kier alpha value is -1.43. The van der Waals surface area contributed by atoms with Crippen LogP contribution in [0, 0.1) is 0 Å². The lowest BCUT2D eigenvalue weighted by molar-refractivity contribution is 0.0920. The molecule has 0 aliphatic heterocycles. The molecule has 1 rings (SSSR count). The number of rotatable bonds is 6. The van der Waals surface area contributed by atoms with Crippen LogP contribution >= 0.6 is 0 Å². The lowest BCUT2D eigenvalue weighted by Crippen LogP contribution is -2.42. The minimum atomic E-state index is -0.211. The van der Waals surface area contributed by atoms with Crippen LogP contribution in [-0.2, 0) is 0 Å². The number of nitrogens with one attached hydrogen (secondary N) is 2. The topological polar surface area (TPSA) is 73.9 Å². The second-order valence-corrected chi connectivity index (χ2v) is 3.69. The van der Waals surface area contributed by atoms with Gasteiger partial charge in [-0.05, 0) is 20.0 Å². The van der Waals surface area contributed by atoms with E-state index in [4.69, 9.17) is 0 Å². The standard InChI is InChI=1S/C10H19N5O/c1-4-15(5-2)6-8(3)13-10(16)9-11-7-12-14-9/h7-8H,4-6H2,1-3H3,(H,13,16)(H,11,12,14). The number of hydrogen-bond donors (Lipinski definition) is 2. The minimum absolute atomic E-state index is 0.0949. The maximum atomic E-state index is 11.6. The Bertz CT molecular complexity index is 307. The van der Waals surface area contributed by atoms with Gasteiger partial charge in [-0.15, -0.1) is 0 Å². The van der Waals surface area contributed by atoms with Crippen LogP contribution in [0.3, 0.4) is 0 Å². The summed E-state index contributed by atoms with van der Waals surface area (Å²) in [4.78, 5) is 17.7. The summed E-state index contributed by atoms with van der Waals surface area (Å²) in [6.45, 7) is 9.00. The molecule has 1 atom stereocenters. The van der Waals surface area contributed by atoms with Crippen molar-refractivity contribution >= 4 is 5.91 Å². The average molecular weight is 225 g/mol. The Balaban J connectivity index is 2.39. The largest absolute Gasteiger partial charge is 0.346 e. The van der Waals surface area contributed by atoms with Gasteiger partial charge in [0.2, 0.25) is 5.82 Å². The van der Waals surface area contributed by atoms with E-state index in [-0.39, 0.29) is 17.8 Å². The zero-order chi connectivity index (χ0) is 12.0. The molecule has 1 unspecified atom stereocenters. The van der Waals surface area contributed by atoms with Crippen LogP contribution in [0.25, 0.3) is 0 Å². The predicted molar refractivity (Wildman–Crippen MR) is 61.1 cm³/mol. The number of aromatic nitrogens is 3. The molecule has 1 aromatic heterocycles. The highest BCUT2D eigenvalue weighted by molar-refractivity contribution is 5.90. The van der Waals surface area contributed by atoms with E-state index in [0.717, 1.165) is 19.6 Å². The van der Waals surface area contributed by atoms with Gasteiger partial charge in [0.25, 0.3) is 5.91 Å². The van der Waals surface area contributed by atoms with Crippen LogP contribution in [0.2, 0.25) is 0 Å². The van der Waals surface area contributed by atoms with Crippen LogP contribution in [0.1, 0.15) is 31.4 Å². The van der Waals surface area contributed by atoms with E-state index >= 15 is 0 Å². The van der Waals surface area contributed by atoms with Crippen molar-refractivity contribution in [1.82, 2.24) is 25.4 Å². The third-order valence-corrected chi connectivity index (χ3v) is 2.43. The van der Waals surface area contributed by atoms with Gasteiger partial charge in [-0.2, -0.15) is 5.10 Å². The molecule has 1 heterocycles. The molecule has 0 aliphatic rings. The molecule has 0 fully saturated rings. The van der Waals surface area contributed by atoms with Crippen LogP contribution in [-0.4, -0.2) is 51.7 Å². The molecular weight excluding hydrogens is 206 g/mol. The van der Waals surface area contributed by atoms with Gasteiger partial charge in [0.15, 0.2) is 0 Å². The molecule has 0 aliphatic carbocycles. The summed E-state index contributed by atoms with van der Waals surface area (Å²) >= 11 is 0. The Kier molecular flexibility index (Phi) is 4.91. The van der Waals surface area contributed by atoms with Crippen molar-refractivity contribution in [1.29, 1.82) is 0 Å². The first-order chi connectivity index (χ1) is 7.67. The SMILES string of the molecule is CCN(CC)CC(C)NC(=O)c1ncn[nH]1. The zero-order valence-corrected chi connectivity index (χ0v) is 10.0. The first-order valence-corrected chi connectivity index (χ1v) is 5.55. The maximum absolute atomic E-state index is 11.6. The van der Waals surface area contributed by atoms with Crippen LogP contribution in [0.5, 0.6) is 0 Å². The molecule has 0 bridgehead atoms. The predicted octanol–water partition coefficient (Wildman–Crippen LogP) is 0.265. The molecule has 0 spiro atoms. The Morgan fingerprint density at radius 3 is 2.75 bits per heavy atom. The summed E-state index contributed by atoms with van der Waals surface area (Å²) < 4.78 is 0. The van der Waals surface area contributed by atoms with Gasteiger partial charge >= 0.3 is 0 Å². The molecule has 0 radical (unpaired) electrons. The normalized spacial score (nSPS) is 12.8. The Morgan fingerprint density at radius 1 is 1.56 bits per heavy atom. The fraction of sp³-hybridized carbons (Fsp3) is 0.700. The highest BCUT2D eigenvalue weighted by atomic mass is 16.2. The number of hydrogen-bond acceptors (Lipinski definition) is 4. The van der Waals surface area contributed by atoms with Crippen molar-refractivity contribution in [3.8, 4) is 0 Å². The van der Waals surface area contributed by atoms with Crippen molar-refractivity contribution in [2.75, 3.05) is 19.6 Å². The molecule has 1 amide bonds. The average Bonchev–Trinajstić information content (AvgIpc) is 2.79. The van der Waals surface area contributed by atoms with E-state index in [9.17, 15) is 4.79 Å². The van der Waals surface area contributed by atoms with Crippen molar-refractivity contribution in [2.24, 2.45) is 0 Å². The number of likely N-dealkylation sites (N-methyl/N-ethyl adjacent to an activating group) is 1. The molecule has 16 heavy (non-hydrogen) atoms. The van der Waals surface area contributed by atoms with E-state index in [1.54, 1.807) is 0 Å². The van der Waals surface area contributed by atoms with E-state index in [2.05, 4.69) is 39.2 Å².